The standard InChI is InChI=1S/C9H15F3N2/c10-9(11,12)5-3-7-14-6-2-1-4-8(14)13/h13H,1-7H2. The first-order chi connectivity index (χ1) is 6.49. The maximum absolute atomic E-state index is 11.8. The van der Waals surface area contributed by atoms with Crippen molar-refractivity contribution < 1.29 is 13.2 Å². The highest BCUT2D eigenvalue weighted by atomic mass is 19.4. The minimum absolute atomic E-state index is 0.103. The van der Waals surface area contributed by atoms with Crippen molar-refractivity contribution in [3.05, 3.63) is 0 Å². The molecule has 82 valence electrons. The van der Waals surface area contributed by atoms with Crippen molar-refractivity contribution >= 4 is 5.84 Å². The first-order valence-electron chi connectivity index (χ1n) is 4.88. The van der Waals surface area contributed by atoms with Crippen molar-refractivity contribution in [2.24, 2.45) is 0 Å². The van der Waals surface area contributed by atoms with E-state index in [2.05, 4.69) is 0 Å². The van der Waals surface area contributed by atoms with E-state index in [0.717, 1.165) is 19.4 Å². The molecule has 1 saturated heterocycles. The van der Waals surface area contributed by atoms with Gasteiger partial charge in [-0.05, 0) is 19.3 Å². The zero-order chi connectivity index (χ0) is 10.6. The normalized spacial score (nSPS) is 18.8. The Kier molecular flexibility index (Phi) is 3.77. The van der Waals surface area contributed by atoms with Gasteiger partial charge in [0.15, 0.2) is 0 Å². The number of amidine groups is 1. The molecule has 1 fully saturated rings. The Balaban J connectivity index is 2.20. The predicted molar refractivity (Wildman–Crippen MR) is 48.4 cm³/mol. The van der Waals surface area contributed by atoms with Crippen molar-refractivity contribution in [1.29, 1.82) is 5.41 Å². The van der Waals surface area contributed by atoms with Gasteiger partial charge in [-0.1, -0.05) is 0 Å². The van der Waals surface area contributed by atoms with Crippen molar-refractivity contribution in [3.8, 4) is 0 Å². The summed E-state index contributed by atoms with van der Waals surface area (Å²) < 4.78 is 35.5. The lowest BCUT2D eigenvalue weighted by Gasteiger charge is -2.29. The molecule has 2 nitrogen and oxygen atoms in total. The Morgan fingerprint density at radius 2 is 2.00 bits per heavy atom. The van der Waals surface area contributed by atoms with Gasteiger partial charge in [0.1, 0.15) is 0 Å². The van der Waals surface area contributed by atoms with E-state index in [1.165, 1.54) is 0 Å². The molecule has 0 aromatic carbocycles. The molecule has 0 amide bonds. The van der Waals surface area contributed by atoms with Gasteiger partial charge < -0.3 is 4.90 Å². The highest BCUT2D eigenvalue weighted by Gasteiger charge is 2.26. The lowest BCUT2D eigenvalue weighted by atomic mass is 10.1. The van der Waals surface area contributed by atoms with Crippen LogP contribution in [0.4, 0.5) is 13.2 Å². The largest absolute Gasteiger partial charge is 0.389 e. The third-order valence-electron chi connectivity index (χ3n) is 2.36. The molecule has 1 rings (SSSR count). The molecule has 0 aromatic rings. The summed E-state index contributed by atoms with van der Waals surface area (Å²) in [5, 5.41) is 7.52. The van der Waals surface area contributed by atoms with Crippen LogP contribution in [-0.4, -0.2) is 30.0 Å². The van der Waals surface area contributed by atoms with E-state index in [-0.39, 0.29) is 6.42 Å². The summed E-state index contributed by atoms with van der Waals surface area (Å²) in [6.45, 7) is 1.12. The third kappa shape index (κ3) is 3.98. The van der Waals surface area contributed by atoms with Gasteiger partial charge in [0, 0.05) is 25.9 Å². The van der Waals surface area contributed by atoms with E-state index < -0.39 is 12.6 Å². The Labute approximate surface area is 81.6 Å². The molecule has 1 heterocycles. The Hall–Kier alpha value is -0.740. The van der Waals surface area contributed by atoms with Gasteiger partial charge in [-0.15, -0.1) is 0 Å². The highest BCUT2D eigenvalue weighted by Crippen LogP contribution is 2.22. The number of hydrogen-bond acceptors (Lipinski definition) is 1. The molecule has 0 spiro atoms. The SMILES string of the molecule is N=C1CCCCN1CCCC(F)(F)F. The Morgan fingerprint density at radius 3 is 2.57 bits per heavy atom. The molecule has 14 heavy (non-hydrogen) atoms. The molecular weight excluding hydrogens is 193 g/mol. The van der Waals surface area contributed by atoms with E-state index in [1.807, 2.05) is 0 Å². The summed E-state index contributed by atoms with van der Waals surface area (Å²) in [6.07, 6.45) is -1.99. The van der Waals surface area contributed by atoms with Crippen LogP contribution in [0.15, 0.2) is 0 Å². The second-order valence-electron chi connectivity index (χ2n) is 3.61. The highest BCUT2D eigenvalue weighted by molar-refractivity contribution is 5.79. The lowest BCUT2D eigenvalue weighted by molar-refractivity contribution is -0.135. The number of likely N-dealkylation sites (tertiary alicyclic amines) is 1. The number of nitrogens with one attached hydrogen (secondary N) is 1. The maximum Gasteiger partial charge on any atom is 0.389 e. The molecule has 0 radical (unpaired) electrons. The van der Waals surface area contributed by atoms with Gasteiger partial charge in [-0.3, -0.25) is 5.41 Å². The summed E-state index contributed by atoms with van der Waals surface area (Å²) in [7, 11) is 0. The minimum atomic E-state index is -4.06. The van der Waals surface area contributed by atoms with E-state index in [1.54, 1.807) is 4.90 Å². The first-order valence-corrected chi connectivity index (χ1v) is 4.88. The van der Waals surface area contributed by atoms with Crippen LogP contribution in [0.3, 0.4) is 0 Å². The average molecular weight is 208 g/mol. The van der Waals surface area contributed by atoms with Crippen LogP contribution in [0.5, 0.6) is 0 Å². The molecule has 0 saturated carbocycles. The van der Waals surface area contributed by atoms with E-state index in [4.69, 9.17) is 5.41 Å². The van der Waals surface area contributed by atoms with Crippen LogP contribution < -0.4 is 0 Å². The topological polar surface area (TPSA) is 27.1 Å². The molecule has 0 aliphatic carbocycles. The summed E-state index contributed by atoms with van der Waals surface area (Å²) in [6, 6.07) is 0. The molecular formula is C9H15F3N2. The summed E-state index contributed by atoms with van der Waals surface area (Å²) in [5.41, 5.74) is 0. The van der Waals surface area contributed by atoms with Crippen LogP contribution in [0.25, 0.3) is 0 Å². The monoisotopic (exact) mass is 208 g/mol. The van der Waals surface area contributed by atoms with E-state index >= 15 is 0 Å². The van der Waals surface area contributed by atoms with E-state index in [9.17, 15) is 13.2 Å². The second kappa shape index (κ2) is 4.66. The van der Waals surface area contributed by atoms with Gasteiger partial charge in [0.05, 0.1) is 5.84 Å². The zero-order valence-corrected chi connectivity index (χ0v) is 8.03. The number of halogens is 3. The van der Waals surface area contributed by atoms with Crippen molar-refractivity contribution in [3.63, 3.8) is 0 Å². The molecule has 1 aliphatic rings. The Morgan fingerprint density at radius 1 is 1.29 bits per heavy atom. The Bertz CT molecular complexity index is 201. The second-order valence-corrected chi connectivity index (χ2v) is 3.61. The van der Waals surface area contributed by atoms with Gasteiger partial charge in [0.2, 0.25) is 0 Å². The maximum atomic E-state index is 11.8. The molecule has 1 N–H and O–H groups in total. The predicted octanol–water partition coefficient (Wildman–Crippen LogP) is 2.79. The minimum Gasteiger partial charge on any atom is -0.361 e. The average Bonchev–Trinajstić information content (AvgIpc) is 2.06. The fourth-order valence-electron chi connectivity index (χ4n) is 1.61. The molecule has 5 heteroatoms. The summed E-state index contributed by atoms with van der Waals surface area (Å²) >= 11 is 0. The van der Waals surface area contributed by atoms with Gasteiger partial charge >= 0.3 is 6.18 Å². The van der Waals surface area contributed by atoms with Crippen LogP contribution in [0.2, 0.25) is 0 Å². The lowest BCUT2D eigenvalue weighted by Crippen LogP contribution is -2.35. The van der Waals surface area contributed by atoms with Crippen molar-refractivity contribution in [2.75, 3.05) is 13.1 Å². The number of piperidine rings is 1. The molecule has 0 aromatic heterocycles. The molecule has 0 atom stereocenters. The van der Waals surface area contributed by atoms with Crippen LogP contribution in [-0.2, 0) is 0 Å². The smallest absolute Gasteiger partial charge is 0.361 e. The number of rotatable bonds is 3. The molecule has 0 bridgehead atoms. The van der Waals surface area contributed by atoms with Gasteiger partial charge in [-0.25, -0.2) is 0 Å². The van der Waals surface area contributed by atoms with E-state index in [0.29, 0.717) is 18.8 Å². The van der Waals surface area contributed by atoms with Crippen LogP contribution in [0.1, 0.15) is 32.1 Å². The third-order valence-corrected chi connectivity index (χ3v) is 2.36. The molecule has 0 unspecified atom stereocenters. The van der Waals surface area contributed by atoms with Crippen LogP contribution in [0, 0.1) is 5.41 Å². The number of hydrogen-bond donors (Lipinski definition) is 1. The quantitative estimate of drug-likeness (QED) is 0.758. The van der Waals surface area contributed by atoms with Gasteiger partial charge in [0.25, 0.3) is 0 Å². The number of alkyl halides is 3. The fraction of sp³-hybridized carbons (Fsp3) is 0.889. The molecule has 1 aliphatic heterocycles. The van der Waals surface area contributed by atoms with Gasteiger partial charge in [-0.2, -0.15) is 13.2 Å². The summed E-state index contributed by atoms with van der Waals surface area (Å²) in [4.78, 5) is 1.76. The van der Waals surface area contributed by atoms with Crippen molar-refractivity contribution in [2.45, 2.75) is 38.3 Å². The fourth-order valence-corrected chi connectivity index (χ4v) is 1.61. The van der Waals surface area contributed by atoms with Crippen LogP contribution >= 0.6 is 0 Å². The number of nitrogens with zero attached hydrogens (tertiary/aromatic N) is 1. The summed E-state index contributed by atoms with van der Waals surface area (Å²) in [5.74, 6) is 0.499. The van der Waals surface area contributed by atoms with Crippen molar-refractivity contribution in [1.82, 2.24) is 4.90 Å². The zero-order valence-electron chi connectivity index (χ0n) is 8.03. The first kappa shape index (κ1) is 11.3.